The van der Waals surface area contributed by atoms with Crippen molar-refractivity contribution in [2.75, 3.05) is 23.3 Å². The van der Waals surface area contributed by atoms with Crippen LogP contribution in [0, 0.1) is 5.82 Å². The molecule has 1 aromatic heterocycles. The maximum atomic E-state index is 13.2. The molecule has 120 valence electrons. The summed E-state index contributed by atoms with van der Waals surface area (Å²) in [6.45, 7) is 1.99. The van der Waals surface area contributed by atoms with E-state index in [4.69, 9.17) is 0 Å². The second kappa shape index (κ2) is 7.22. The molecule has 1 fully saturated rings. The largest absolute Gasteiger partial charge is 0.370 e. The third-order valence-electron chi connectivity index (χ3n) is 4.04. The molecule has 2 heterocycles. The zero-order valence-electron chi connectivity index (χ0n) is 13.0. The van der Waals surface area contributed by atoms with Gasteiger partial charge in [0.25, 0.3) is 5.91 Å². The number of aromatic nitrogens is 1. The van der Waals surface area contributed by atoms with Crippen molar-refractivity contribution >= 4 is 17.3 Å². The van der Waals surface area contributed by atoms with Crippen LogP contribution in [0.15, 0.2) is 42.7 Å². The van der Waals surface area contributed by atoms with Gasteiger partial charge in [0.05, 0.1) is 17.4 Å². The molecule has 0 aliphatic carbocycles. The van der Waals surface area contributed by atoms with Crippen LogP contribution in [0.2, 0.25) is 0 Å². The van der Waals surface area contributed by atoms with Gasteiger partial charge < -0.3 is 10.2 Å². The van der Waals surface area contributed by atoms with E-state index >= 15 is 0 Å². The number of hydrogen-bond donors (Lipinski definition) is 1. The minimum absolute atomic E-state index is 0.278. The summed E-state index contributed by atoms with van der Waals surface area (Å²) in [5.74, 6) is -0.654. The van der Waals surface area contributed by atoms with Gasteiger partial charge in [-0.2, -0.15) is 0 Å². The summed E-state index contributed by atoms with van der Waals surface area (Å²) in [5.41, 5.74) is 1.89. The number of rotatable bonds is 3. The number of hydrogen-bond acceptors (Lipinski definition) is 3. The number of nitrogens with zero attached hydrogens (tertiary/aromatic N) is 2. The van der Waals surface area contributed by atoms with Crippen molar-refractivity contribution in [3.63, 3.8) is 0 Å². The highest BCUT2D eigenvalue weighted by molar-refractivity contribution is 6.04. The van der Waals surface area contributed by atoms with Crippen LogP contribution < -0.4 is 10.2 Å². The summed E-state index contributed by atoms with van der Waals surface area (Å²) in [5, 5.41) is 2.70. The van der Waals surface area contributed by atoms with Crippen molar-refractivity contribution in [2.45, 2.75) is 25.7 Å². The van der Waals surface area contributed by atoms with Crippen LogP contribution in [0.5, 0.6) is 0 Å². The average Bonchev–Trinajstić information content (AvgIpc) is 2.84. The first-order chi connectivity index (χ1) is 11.2. The highest BCUT2D eigenvalue weighted by Crippen LogP contribution is 2.20. The number of anilines is 2. The Morgan fingerprint density at radius 3 is 2.61 bits per heavy atom. The van der Waals surface area contributed by atoms with E-state index in [1.807, 2.05) is 6.07 Å². The number of pyridine rings is 1. The van der Waals surface area contributed by atoms with E-state index in [-0.39, 0.29) is 11.7 Å². The fourth-order valence-electron chi connectivity index (χ4n) is 2.82. The maximum absolute atomic E-state index is 13.2. The molecule has 3 rings (SSSR count). The quantitative estimate of drug-likeness (QED) is 0.936. The molecule has 0 bridgehead atoms. The molecular weight excluding hydrogens is 293 g/mol. The summed E-state index contributed by atoms with van der Waals surface area (Å²) >= 11 is 0. The fraction of sp³-hybridized carbons (Fsp3) is 0.333. The molecule has 2 aromatic rings. The lowest BCUT2D eigenvalue weighted by molar-refractivity contribution is 0.102. The van der Waals surface area contributed by atoms with Gasteiger partial charge in [-0.25, -0.2) is 4.39 Å². The number of benzene rings is 1. The van der Waals surface area contributed by atoms with E-state index in [1.165, 1.54) is 44.0 Å². The predicted octanol–water partition coefficient (Wildman–Crippen LogP) is 3.85. The van der Waals surface area contributed by atoms with Gasteiger partial charge in [0, 0.05) is 25.0 Å². The Hall–Kier alpha value is -2.43. The van der Waals surface area contributed by atoms with Gasteiger partial charge in [-0.15, -0.1) is 0 Å². The first-order valence-electron chi connectivity index (χ1n) is 7.99. The van der Waals surface area contributed by atoms with Crippen molar-refractivity contribution in [1.29, 1.82) is 0 Å². The van der Waals surface area contributed by atoms with E-state index in [0.717, 1.165) is 18.8 Å². The van der Waals surface area contributed by atoms with Crippen LogP contribution in [-0.4, -0.2) is 24.0 Å². The second-order valence-corrected chi connectivity index (χ2v) is 5.80. The number of amides is 1. The number of carbonyl (C=O) groups is 1. The van der Waals surface area contributed by atoms with Gasteiger partial charge >= 0.3 is 0 Å². The summed E-state index contributed by atoms with van der Waals surface area (Å²) in [4.78, 5) is 18.8. The molecule has 1 aliphatic rings. The lowest BCUT2D eigenvalue weighted by Crippen LogP contribution is -2.24. The van der Waals surface area contributed by atoms with Gasteiger partial charge in [-0.3, -0.25) is 9.78 Å². The molecule has 4 nitrogen and oxygen atoms in total. The first kappa shape index (κ1) is 15.5. The average molecular weight is 313 g/mol. The Bertz CT molecular complexity index is 681. The molecule has 23 heavy (non-hydrogen) atoms. The molecular formula is C18H20FN3O. The number of nitrogens with one attached hydrogen (secondary N) is 1. The Kier molecular flexibility index (Phi) is 4.86. The van der Waals surface area contributed by atoms with Crippen LogP contribution in [0.4, 0.5) is 15.8 Å². The van der Waals surface area contributed by atoms with Gasteiger partial charge in [0.15, 0.2) is 0 Å². The van der Waals surface area contributed by atoms with E-state index in [0.29, 0.717) is 11.3 Å². The van der Waals surface area contributed by atoms with Crippen molar-refractivity contribution in [3.8, 4) is 0 Å². The van der Waals surface area contributed by atoms with E-state index in [1.54, 1.807) is 18.3 Å². The monoisotopic (exact) mass is 313 g/mol. The van der Waals surface area contributed by atoms with E-state index in [2.05, 4.69) is 15.2 Å². The lowest BCUT2D eigenvalue weighted by atomic mass is 10.2. The Morgan fingerprint density at radius 2 is 1.87 bits per heavy atom. The predicted molar refractivity (Wildman–Crippen MR) is 89.3 cm³/mol. The smallest absolute Gasteiger partial charge is 0.257 e. The molecule has 1 aliphatic heterocycles. The number of halogens is 1. The molecule has 0 saturated carbocycles. The zero-order chi connectivity index (χ0) is 16.1. The van der Waals surface area contributed by atoms with Crippen LogP contribution in [0.25, 0.3) is 0 Å². The van der Waals surface area contributed by atoms with Gasteiger partial charge in [0.1, 0.15) is 5.82 Å². The Balaban J connectivity index is 1.74. The van der Waals surface area contributed by atoms with E-state index in [9.17, 15) is 9.18 Å². The third kappa shape index (κ3) is 4.06. The molecule has 5 heteroatoms. The van der Waals surface area contributed by atoms with Crippen molar-refractivity contribution < 1.29 is 9.18 Å². The standard InChI is InChI=1S/C18H20FN3O/c19-15-6-5-7-16(11-15)21-18(23)14-10-17(13-20-12-14)22-8-3-1-2-4-9-22/h5-7,10-13H,1-4,8-9H2,(H,21,23). The van der Waals surface area contributed by atoms with Gasteiger partial charge in [-0.1, -0.05) is 18.9 Å². The van der Waals surface area contributed by atoms with Crippen molar-refractivity contribution in [3.05, 3.63) is 54.1 Å². The molecule has 0 radical (unpaired) electrons. The van der Waals surface area contributed by atoms with Crippen LogP contribution >= 0.6 is 0 Å². The molecule has 1 aromatic carbocycles. The maximum Gasteiger partial charge on any atom is 0.257 e. The highest BCUT2D eigenvalue weighted by atomic mass is 19.1. The van der Waals surface area contributed by atoms with E-state index < -0.39 is 0 Å². The highest BCUT2D eigenvalue weighted by Gasteiger charge is 2.13. The molecule has 0 atom stereocenters. The summed E-state index contributed by atoms with van der Waals surface area (Å²) in [6.07, 6.45) is 8.17. The summed E-state index contributed by atoms with van der Waals surface area (Å²) < 4.78 is 13.2. The second-order valence-electron chi connectivity index (χ2n) is 5.80. The Labute approximate surface area is 135 Å². The zero-order valence-corrected chi connectivity index (χ0v) is 13.0. The summed E-state index contributed by atoms with van der Waals surface area (Å²) in [6, 6.07) is 7.72. The lowest BCUT2D eigenvalue weighted by Gasteiger charge is -2.22. The third-order valence-corrected chi connectivity index (χ3v) is 4.04. The summed E-state index contributed by atoms with van der Waals surface area (Å²) in [7, 11) is 0. The SMILES string of the molecule is O=C(Nc1cccc(F)c1)c1cncc(N2CCCCCC2)c1. The molecule has 0 spiro atoms. The molecule has 1 N–H and O–H groups in total. The van der Waals surface area contributed by atoms with Crippen molar-refractivity contribution in [2.24, 2.45) is 0 Å². The number of carbonyl (C=O) groups excluding carboxylic acids is 1. The minimum atomic E-state index is -0.376. The van der Waals surface area contributed by atoms with Gasteiger partial charge in [-0.05, 0) is 37.1 Å². The molecule has 0 unspecified atom stereocenters. The normalized spacial score (nSPS) is 15.1. The van der Waals surface area contributed by atoms with Crippen molar-refractivity contribution in [1.82, 2.24) is 4.98 Å². The minimum Gasteiger partial charge on any atom is -0.370 e. The Morgan fingerprint density at radius 1 is 1.09 bits per heavy atom. The fourth-order valence-corrected chi connectivity index (χ4v) is 2.82. The van der Waals surface area contributed by atoms with Crippen LogP contribution in [-0.2, 0) is 0 Å². The van der Waals surface area contributed by atoms with Crippen LogP contribution in [0.3, 0.4) is 0 Å². The van der Waals surface area contributed by atoms with Crippen LogP contribution in [0.1, 0.15) is 36.0 Å². The molecule has 1 saturated heterocycles. The molecule has 1 amide bonds. The first-order valence-corrected chi connectivity index (χ1v) is 7.99. The topological polar surface area (TPSA) is 45.2 Å². The van der Waals surface area contributed by atoms with Gasteiger partial charge in [0.2, 0.25) is 0 Å².